The van der Waals surface area contributed by atoms with E-state index in [1.54, 1.807) is 69.2 Å². The van der Waals surface area contributed by atoms with Gasteiger partial charge in [0.1, 0.15) is 17.0 Å². The number of unbranched alkanes of at least 4 members (excludes halogenated alkanes) is 2. The zero-order chi connectivity index (χ0) is 40.5. The van der Waals surface area contributed by atoms with Crippen LogP contribution in [0.15, 0.2) is 0 Å². The molecule has 4 atom stereocenters. The van der Waals surface area contributed by atoms with Gasteiger partial charge in [0.25, 0.3) is 0 Å². The number of aliphatic carboxylic acids is 1. The van der Waals surface area contributed by atoms with E-state index in [4.69, 9.17) is 20.3 Å². The number of ketones is 2. The summed E-state index contributed by atoms with van der Waals surface area (Å²) < 4.78 is 19.3. The highest BCUT2D eigenvalue weighted by Crippen LogP contribution is 2.15. The number of ether oxygens (including phenoxy) is 4. The zero-order valence-corrected chi connectivity index (χ0v) is 32.8. The maximum atomic E-state index is 12.1. The largest absolute Gasteiger partial charge is 0.481 e. The summed E-state index contributed by atoms with van der Waals surface area (Å²) in [6, 6.07) is -1.19. The van der Waals surface area contributed by atoms with Gasteiger partial charge in [-0.15, -0.1) is 0 Å². The highest BCUT2D eigenvalue weighted by molar-refractivity contribution is 5.91. The van der Waals surface area contributed by atoms with Crippen LogP contribution in [0.4, 0.5) is 0 Å². The molecule has 0 aromatic heterocycles. The average molecular weight is 749 g/mol. The number of rotatable bonds is 19. The third-order valence-corrected chi connectivity index (χ3v) is 6.51. The quantitative estimate of drug-likeness (QED) is 0.0909. The first-order valence-electron chi connectivity index (χ1n) is 17.2. The third kappa shape index (κ3) is 34.6. The highest BCUT2D eigenvalue weighted by Gasteiger charge is 2.26. The Balaban J connectivity index is -0.000000363. The molecule has 0 rings (SSSR count). The molecule has 0 bridgehead atoms. The van der Waals surface area contributed by atoms with Gasteiger partial charge in [-0.25, -0.2) is 0 Å². The molecule has 0 spiro atoms. The fourth-order valence-electron chi connectivity index (χ4n) is 3.64. The van der Waals surface area contributed by atoms with E-state index < -0.39 is 47.1 Å². The molecule has 0 saturated heterocycles. The Morgan fingerprint density at radius 3 is 1.29 bits per heavy atom. The molecular formula is C37H68N2O13. The fraction of sp³-hybridized carbons (Fsp3) is 0.784. The summed E-state index contributed by atoms with van der Waals surface area (Å²) in [7, 11) is 2.64. The van der Waals surface area contributed by atoms with E-state index in [0.29, 0.717) is 32.1 Å². The lowest BCUT2D eigenvalue weighted by molar-refractivity contribution is -0.161. The molecule has 304 valence electrons. The number of hydrogen-bond acceptors (Lipinski definition) is 13. The molecule has 0 unspecified atom stereocenters. The molecule has 0 aliphatic heterocycles. The second kappa shape index (κ2) is 28.7. The van der Waals surface area contributed by atoms with E-state index in [-0.39, 0.29) is 74.9 Å². The van der Waals surface area contributed by atoms with Crippen molar-refractivity contribution in [2.45, 2.75) is 164 Å². The molecule has 1 amide bonds. The van der Waals surface area contributed by atoms with Crippen molar-refractivity contribution in [2.75, 3.05) is 14.2 Å². The summed E-state index contributed by atoms with van der Waals surface area (Å²) in [6.07, 6.45) is 3.30. The summed E-state index contributed by atoms with van der Waals surface area (Å²) in [4.78, 5) is 90.1. The molecule has 4 N–H and O–H groups in total. The Hall–Kier alpha value is -3.88. The van der Waals surface area contributed by atoms with Gasteiger partial charge in [0, 0.05) is 38.5 Å². The average Bonchev–Trinajstić information content (AvgIpc) is 2.99. The van der Waals surface area contributed by atoms with Crippen LogP contribution in [0.5, 0.6) is 0 Å². The van der Waals surface area contributed by atoms with Gasteiger partial charge in [-0.2, -0.15) is 0 Å². The van der Waals surface area contributed by atoms with Gasteiger partial charge >= 0.3 is 29.8 Å². The first-order valence-corrected chi connectivity index (χ1v) is 17.2. The molecule has 0 radical (unpaired) electrons. The molecule has 0 aliphatic rings. The van der Waals surface area contributed by atoms with E-state index in [9.17, 15) is 38.4 Å². The van der Waals surface area contributed by atoms with Gasteiger partial charge in [0.05, 0.1) is 38.1 Å². The van der Waals surface area contributed by atoms with Crippen molar-refractivity contribution in [1.29, 1.82) is 0 Å². The Kier molecular flexibility index (Phi) is 30.3. The second-order valence-electron chi connectivity index (χ2n) is 14.2. The van der Waals surface area contributed by atoms with Crippen molar-refractivity contribution in [3.63, 3.8) is 0 Å². The summed E-state index contributed by atoms with van der Waals surface area (Å²) in [6.45, 7) is 17.2. The standard InChI is InChI=1S/C18H31NO6.C11H21NO3.C7H12O4.CH4/c1-12(17(23)25-18(3,4)5)11-14(20)13(2)19-15(21)9-7-8-10-16(22)24-6;1-7(6-9(13)8(2)12)10(14)15-11(3,4)5;1-11-7(10)5-3-2-4-6(8)9;/h12-13H,7-11H2,1-6H3,(H,19,21);7-8H,6,12H2,1-5H3;2-5H2,1H3,(H,8,9);1H4/t12-,13+;7-,8+;;/m11../s1. The van der Waals surface area contributed by atoms with Gasteiger partial charge < -0.3 is 35.1 Å². The lowest BCUT2D eigenvalue weighted by atomic mass is 10.0. The van der Waals surface area contributed by atoms with Crippen LogP contribution in [0, 0.1) is 11.8 Å². The predicted molar refractivity (Wildman–Crippen MR) is 196 cm³/mol. The predicted octanol–water partition coefficient (Wildman–Crippen LogP) is 4.87. The lowest BCUT2D eigenvalue weighted by Gasteiger charge is -2.22. The minimum absolute atomic E-state index is 0. The molecule has 52 heavy (non-hydrogen) atoms. The number of amides is 1. The minimum Gasteiger partial charge on any atom is -0.481 e. The number of carbonyl (C=O) groups excluding carboxylic acids is 7. The van der Waals surface area contributed by atoms with Crippen molar-refractivity contribution in [2.24, 2.45) is 17.6 Å². The summed E-state index contributed by atoms with van der Waals surface area (Å²) >= 11 is 0. The minimum atomic E-state index is -0.824. The smallest absolute Gasteiger partial charge is 0.309 e. The molecule has 0 aliphatic carbocycles. The summed E-state index contributed by atoms with van der Waals surface area (Å²) in [5.74, 6) is -3.77. The highest BCUT2D eigenvalue weighted by atomic mass is 16.6. The Morgan fingerprint density at radius 1 is 0.615 bits per heavy atom. The summed E-state index contributed by atoms with van der Waals surface area (Å²) in [5, 5.41) is 10.8. The molecule has 0 aromatic rings. The normalized spacial score (nSPS) is 12.9. The van der Waals surface area contributed by atoms with Crippen molar-refractivity contribution in [1.82, 2.24) is 5.32 Å². The van der Waals surface area contributed by atoms with E-state index in [1.807, 2.05) is 0 Å². The van der Waals surface area contributed by atoms with Crippen LogP contribution in [0.25, 0.3) is 0 Å². The van der Waals surface area contributed by atoms with Crippen LogP contribution in [-0.4, -0.2) is 89.9 Å². The van der Waals surface area contributed by atoms with E-state index in [2.05, 4.69) is 14.8 Å². The lowest BCUT2D eigenvalue weighted by Crippen LogP contribution is -2.40. The maximum Gasteiger partial charge on any atom is 0.309 e. The number of carboxylic acid groups (broad SMARTS) is 1. The van der Waals surface area contributed by atoms with Crippen LogP contribution in [0.1, 0.15) is 141 Å². The summed E-state index contributed by atoms with van der Waals surface area (Å²) in [5.41, 5.74) is 4.30. The molecule has 15 nitrogen and oxygen atoms in total. The van der Waals surface area contributed by atoms with Crippen LogP contribution < -0.4 is 11.1 Å². The van der Waals surface area contributed by atoms with Gasteiger partial charge in [0.15, 0.2) is 5.78 Å². The first kappa shape index (κ1) is 54.9. The van der Waals surface area contributed by atoms with Gasteiger partial charge in [-0.3, -0.25) is 38.4 Å². The Labute approximate surface area is 310 Å². The number of carboxylic acids is 1. The van der Waals surface area contributed by atoms with Gasteiger partial charge in [-0.05, 0) is 81.1 Å². The van der Waals surface area contributed by atoms with Crippen LogP contribution >= 0.6 is 0 Å². The molecule has 0 aromatic carbocycles. The maximum absolute atomic E-state index is 12.1. The van der Waals surface area contributed by atoms with E-state index >= 15 is 0 Å². The van der Waals surface area contributed by atoms with E-state index in [0.717, 1.165) is 0 Å². The fourth-order valence-corrected chi connectivity index (χ4v) is 3.64. The second-order valence-corrected chi connectivity index (χ2v) is 14.2. The SMILES string of the molecule is C.COC(=O)CCCCC(=O)N[C@@H](C)C(=O)C[C@@H](C)C(=O)OC(C)(C)C.COC(=O)CCCCC(=O)O.C[C@H](N)C(=O)C[C@@H](C)C(=O)OC(C)(C)C. The van der Waals surface area contributed by atoms with Gasteiger partial charge in [-0.1, -0.05) is 21.3 Å². The van der Waals surface area contributed by atoms with Crippen molar-refractivity contribution in [3.05, 3.63) is 0 Å². The number of esters is 4. The number of methoxy groups -OCH3 is 2. The zero-order valence-electron chi connectivity index (χ0n) is 32.8. The molecule has 15 heteroatoms. The van der Waals surface area contributed by atoms with Crippen LogP contribution in [0.2, 0.25) is 0 Å². The first-order chi connectivity index (χ1) is 23.3. The number of nitrogens with one attached hydrogen (secondary N) is 1. The van der Waals surface area contributed by atoms with E-state index in [1.165, 1.54) is 14.2 Å². The molecule has 0 saturated carbocycles. The van der Waals surface area contributed by atoms with Crippen molar-refractivity contribution >= 4 is 47.3 Å². The van der Waals surface area contributed by atoms with Crippen LogP contribution in [-0.2, 0) is 57.3 Å². The van der Waals surface area contributed by atoms with Crippen molar-refractivity contribution < 1.29 is 62.4 Å². The Bertz CT molecular complexity index is 1120. The van der Waals surface area contributed by atoms with Gasteiger partial charge in [0.2, 0.25) is 5.91 Å². The number of nitrogens with two attached hydrogens (primary N) is 1. The number of carbonyl (C=O) groups is 8. The topological polar surface area (TPSA) is 232 Å². The monoisotopic (exact) mass is 748 g/mol. The molecule has 0 heterocycles. The third-order valence-electron chi connectivity index (χ3n) is 6.51. The molecular weight excluding hydrogens is 680 g/mol. The van der Waals surface area contributed by atoms with Crippen LogP contribution in [0.3, 0.4) is 0 Å². The molecule has 0 fully saturated rings. The van der Waals surface area contributed by atoms with Crippen molar-refractivity contribution in [3.8, 4) is 0 Å². The number of Topliss-reactive ketones (excluding diaryl/α,β-unsaturated/α-hetero) is 2. The Morgan fingerprint density at radius 2 is 0.962 bits per heavy atom. The number of hydrogen-bond donors (Lipinski definition) is 3.